The first-order chi connectivity index (χ1) is 14.8. The molecule has 0 saturated carbocycles. The van der Waals surface area contributed by atoms with Crippen molar-refractivity contribution in [2.45, 2.75) is 20.8 Å². The van der Waals surface area contributed by atoms with Crippen LogP contribution < -0.4 is 5.43 Å². The third-order valence-corrected chi connectivity index (χ3v) is 4.90. The average molecular weight is 417 g/mol. The van der Waals surface area contributed by atoms with E-state index in [0.717, 1.165) is 28.3 Å². The number of aromatic nitrogens is 2. The molecule has 9 nitrogen and oxygen atoms in total. The van der Waals surface area contributed by atoms with E-state index < -0.39 is 10.8 Å². The van der Waals surface area contributed by atoms with Gasteiger partial charge in [-0.1, -0.05) is 0 Å². The highest BCUT2D eigenvalue weighted by atomic mass is 16.6. The Hall–Kier alpha value is -4.27. The summed E-state index contributed by atoms with van der Waals surface area (Å²) in [6.45, 7) is 5.93. The van der Waals surface area contributed by atoms with Crippen molar-refractivity contribution in [3.63, 3.8) is 0 Å². The van der Waals surface area contributed by atoms with Crippen LogP contribution in [0.1, 0.15) is 33.1 Å². The minimum Gasteiger partial charge on any atom is -0.451 e. The predicted octanol–water partition coefficient (Wildman–Crippen LogP) is 4.22. The van der Waals surface area contributed by atoms with Gasteiger partial charge in [0.2, 0.25) is 0 Å². The number of nitro groups is 1. The maximum atomic E-state index is 12.4. The highest BCUT2D eigenvalue weighted by Crippen LogP contribution is 2.24. The van der Waals surface area contributed by atoms with Gasteiger partial charge in [-0.15, -0.1) is 0 Å². The SMILES string of the molecule is Cc1ccnc(-n2c(C)cc(/C=N\NC(=O)c3cc4cc([N+](=O)[O-])ccc4o3)c2C)c1. The van der Waals surface area contributed by atoms with Crippen LogP contribution in [0.4, 0.5) is 5.69 Å². The molecule has 0 fully saturated rings. The molecule has 3 aromatic heterocycles. The Bertz CT molecular complexity index is 1350. The zero-order chi connectivity index (χ0) is 22.1. The van der Waals surface area contributed by atoms with Gasteiger partial charge >= 0.3 is 5.91 Å². The van der Waals surface area contributed by atoms with Crippen LogP contribution in [0.15, 0.2) is 58.2 Å². The number of hydrogen-bond acceptors (Lipinski definition) is 6. The van der Waals surface area contributed by atoms with Crippen LogP contribution in [0.3, 0.4) is 0 Å². The van der Waals surface area contributed by atoms with Gasteiger partial charge in [0.15, 0.2) is 5.76 Å². The van der Waals surface area contributed by atoms with E-state index in [0.29, 0.717) is 11.0 Å². The number of fused-ring (bicyclic) bond motifs is 1. The number of hydrogen-bond donors (Lipinski definition) is 1. The van der Waals surface area contributed by atoms with Crippen LogP contribution in [0.2, 0.25) is 0 Å². The molecule has 0 spiro atoms. The zero-order valence-electron chi connectivity index (χ0n) is 17.1. The molecule has 0 bridgehead atoms. The molecule has 9 heteroatoms. The number of carbonyl (C=O) groups excluding carboxylic acids is 1. The van der Waals surface area contributed by atoms with E-state index in [9.17, 15) is 14.9 Å². The monoisotopic (exact) mass is 417 g/mol. The summed E-state index contributed by atoms with van der Waals surface area (Å²) in [6.07, 6.45) is 3.32. The van der Waals surface area contributed by atoms with Gasteiger partial charge in [-0.3, -0.25) is 14.9 Å². The van der Waals surface area contributed by atoms with E-state index in [4.69, 9.17) is 4.42 Å². The number of aryl methyl sites for hydroxylation is 2. The molecule has 4 rings (SSSR count). The van der Waals surface area contributed by atoms with E-state index in [1.807, 2.05) is 43.5 Å². The fourth-order valence-corrected chi connectivity index (χ4v) is 3.39. The Labute approximate surface area is 177 Å². The van der Waals surface area contributed by atoms with Crippen molar-refractivity contribution in [2.75, 3.05) is 0 Å². The second-order valence-electron chi connectivity index (χ2n) is 7.14. The second kappa shape index (κ2) is 7.86. The van der Waals surface area contributed by atoms with Gasteiger partial charge in [-0.25, -0.2) is 10.4 Å². The molecule has 31 heavy (non-hydrogen) atoms. The number of nitro benzene ring substituents is 1. The molecule has 3 heterocycles. The zero-order valence-corrected chi connectivity index (χ0v) is 17.1. The fourth-order valence-electron chi connectivity index (χ4n) is 3.39. The predicted molar refractivity (Wildman–Crippen MR) is 116 cm³/mol. The number of rotatable bonds is 5. The Balaban J connectivity index is 1.52. The molecular formula is C22H19N5O4. The van der Waals surface area contributed by atoms with Crippen LogP contribution in [0, 0.1) is 30.9 Å². The number of nitrogens with one attached hydrogen (secondary N) is 1. The van der Waals surface area contributed by atoms with Crippen LogP contribution in [0.5, 0.6) is 0 Å². The standard InChI is InChI=1S/C22H19N5O4/c1-13-6-7-23-21(8-13)26-14(2)9-17(15(26)3)12-24-25-22(28)20-11-16-10-18(27(29)30)4-5-19(16)31-20/h4-12H,1-3H3,(H,25,28)/b24-12-. The summed E-state index contributed by atoms with van der Waals surface area (Å²) in [5.74, 6) is 0.279. The first-order valence-corrected chi connectivity index (χ1v) is 9.47. The van der Waals surface area contributed by atoms with Crippen LogP contribution in [0.25, 0.3) is 16.8 Å². The number of non-ortho nitro benzene ring substituents is 1. The molecule has 1 N–H and O–H groups in total. The molecule has 4 aromatic rings. The molecule has 0 atom stereocenters. The Morgan fingerprint density at radius 1 is 1.19 bits per heavy atom. The number of hydrazone groups is 1. The van der Waals surface area contributed by atoms with E-state index in [1.165, 1.54) is 24.3 Å². The van der Waals surface area contributed by atoms with Crippen molar-refractivity contribution in [2.24, 2.45) is 5.10 Å². The molecule has 1 amide bonds. The average Bonchev–Trinajstić information content (AvgIpc) is 3.28. The summed E-state index contributed by atoms with van der Waals surface area (Å²) in [6, 6.07) is 11.5. The van der Waals surface area contributed by atoms with Crippen molar-refractivity contribution in [3.8, 4) is 5.82 Å². The smallest absolute Gasteiger partial charge is 0.307 e. The van der Waals surface area contributed by atoms with Crippen LogP contribution >= 0.6 is 0 Å². The minimum atomic E-state index is -0.552. The normalized spacial score (nSPS) is 11.3. The lowest BCUT2D eigenvalue weighted by Crippen LogP contribution is -2.16. The Morgan fingerprint density at radius 3 is 2.74 bits per heavy atom. The largest absolute Gasteiger partial charge is 0.451 e. The summed E-state index contributed by atoms with van der Waals surface area (Å²) >= 11 is 0. The van der Waals surface area contributed by atoms with E-state index >= 15 is 0 Å². The number of benzene rings is 1. The van der Waals surface area contributed by atoms with Gasteiger partial charge in [0.1, 0.15) is 11.4 Å². The molecule has 0 aliphatic carbocycles. The van der Waals surface area contributed by atoms with Gasteiger partial charge in [-0.2, -0.15) is 5.10 Å². The van der Waals surface area contributed by atoms with Crippen molar-refractivity contribution < 1.29 is 14.1 Å². The summed E-state index contributed by atoms with van der Waals surface area (Å²) in [4.78, 5) is 27.2. The van der Waals surface area contributed by atoms with E-state index in [-0.39, 0.29) is 11.4 Å². The first-order valence-electron chi connectivity index (χ1n) is 9.47. The topological polar surface area (TPSA) is 116 Å². The van der Waals surface area contributed by atoms with Gasteiger partial charge in [0.25, 0.3) is 5.69 Å². The third-order valence-electron chi connectivity index (χ3n) is 4.90. The fraction of sp³-hybridized carbons (Fsp3) is 0.136. The molecule has 0 radical (unpaired) electrons. The van der Waals surface area contributed by atoms with Crippen LogP contribution in [-0.4, -0.2) is 26.6 Å². The summed E-state index contributed by atoms with van der Waals surface area (Å²) in [5, 5.41) is 15.4. The van der Waals surface area contributed by atoms with Gasteiger partial charge < -0.3 is 8.98 Å². The molecule has 0 unspecified atom stereocenters. The lowest BCUT2D eigenvalue weighted by molar-refractivity contribution is -0.384. The quantitative estimate of drug-likeness (QED) is 0.297. The van der Waals surface area contributed by atoms with E-state index in [1.54, 1.807) is 12.4 Å². The van der Waals surface area contributed by atoms with Crippen molar-refractivity contribution in [3.05, 3.63) is 87.1 Å². The number of furan rings is 1. The number of nitrogens with zero attached hydrogens (tertiary/aromatic N) is 4. The lowest BCUT2D eigenvalue weighted by Gasteiger charge is -2.08. The van der Waals surface area contributed by atoms with Crippen molar-refractivity contribution in [1.82, 2.24) is 15.0 Å². The highest BCUT2D eigenvalue weighted by Gasteiger charge is 2.15. The van der Waals surface area contributed by atoms with Gasteiger partial charge in [0.05, 0.1) is 11.1 Å². The van der Waals surface area contributed by atoms with Gasteiger partial charge in [0, 0.05) is 40.7 Å². The Kier molecular flexibility index (Phi) is 5.08. The second-order valence-corrected chi connectivity index (χ2v) is 7.14. The lowest BCUT2D eigenvalue weighted by atomic mass is 10.2. The number of amides is 1. The van der Waals surface area contributed by atoms with Crippen molar-refractivity contribution >= 4 is 28.8 Å². The highest BCUT2D eigenvalue weighted by molar-refractivity contribution is 5.97. The van der Waals surface area contributed by atoms with Crippen molar-refractivity contribution in [1.29, 1.82) is 0 Å². The minimum absolute atomic E-state index is 0.0158. The molecule has 0 aliphatic rings. The summed E-state index contributed by atoms with van der Waals surface area (Å²) in [5.41, 5.74) is 6.60. The molecule has 156 valence electrons. The molecule has 1 aromatic carbocycles. The molecular weight excluding hydrogens is 398 g/mol. The maximum Gasteiger partial charge on any atom is 0.307 e. The number of pyridine rings is 1. The molecule has 0 aliphatic heterocycles. The van der Waals surface area contributed by atoms with Crippen LogP contribution in [-0.2, 0) is 0 Å². The Morgan fingerprint density at radius 2 is 2.00 bits per heavy atom. The van der Waals surface area contributed by atoms with Gasteiger partial charge in [-0.05, 0) is 56.7 Å². The summed E-state index contributed by atoms with van der Waals surface area (Å²) < 4.78 is 7.48. The van der Waals surface area contributed by atoms with E-state index in [2.05, 4.69) is 15.5 Å². The maximum absolute atomic E-state index is 12.4. The molecule has 0 saturated heterocycles. The third kappa shape index (κ3) is 3.93. The number of carbonyl (C=O) groups is 1. The summed E-state index contributed by atoms with van der Waals surface area (Å²) in [7, 11) is 0. The first kappa shape index (κ1) is 20.0.